The Morgan fingerprint density at radius 2 is 2.11 bits per heavy atom. The van der Waals surface area contributed by atoms with Crippen LogP contribution < -0.4 is 5.32 Å². The molecule has 0 saturated carbocycles. The molecular formula is C20H30IN5S. The van der Waals surface area contributed by atoms with E-state index in [4.69, 9.17) is 0 Å². The van der Waals surface area contributed by atoms with E-state index >= 15 is 0 Å². The third-order valence-electron chi connectivity index (χ3n) is 4.66. The number of guanidine groups is 1. The Kier molecular flexibility index (Phi) is 8.03. The summed E-state index contributed by atoms with van der Waals surface area (Å²) in [6.07, 6.45) is 3.88. The summed E-state index contributed by atoms with van der Waals surface area (Å²) < 4.78 is 2.44. The van der Waals surface area contributed by atoms with Crippen LogP contribution in [-0.2, 0) is 13.1 Å². The molecular weight excluding hydrogens is 469 g/mol. The van der Waals surface area contributed by atoms with Gasteiger partial charge in [-0.1, -0.05) is 24.3 Å². The molecule has 2 heterocycles. The van der Waals surface area contributed by atoms with Crippen molar-refractivity contribution in [2.75, 3.05) is 25.9 Å². The second kappa shape index (κ2) is 9.82. The first-order valence-corrected chi connectivity index (χ1v) is 10.1. The minimum Gasteiger partial charge on any atom is -0.352 e. The summed E-state index contributed by atoms with van der Waals surface area (Å²) in [5, 5.41) is 3.54. The highest BCUT2D eigenvalue weighted by atomic mass is 127. The molecule has 2 aromatic rings. The number of rotatable bonds is 4. The van der Waals surface area contributed by atoms with Crippen LogP contribution in [0.15, 0.2) is 41.7 Å². The van der Waals surface area contributed by atoms with Gasteiger partial charge in [-0.2, -0.15) is 11.8 Å². The summed E-state index contributed by atoms with van der Waals surface area (Å²) in [6.45, 7) is 10.4. The van der Waals surface area contributed by atoms with Crippen molar-refractivity contribution in [1.82, 2.24) is 19.8 Å². The Balaban J connectivity index is 0.00000261. The number of benzene rings is 1. The molecule has 1 saturated heterocycles. The third-order valence-corrected chi connectivity index (χ3v) is 5.95. The molecule has 0 aliphatic carbocycles. The zero-order valence-electron chi connectivity index (χ0n) is 16.6. The van der Waals surface area contributed by atoms with Crippen LogP contribution in [0, 0.1) is 6.92 Å². The number of hydrogen-bond acceptors (Lipinski definition) is 3. The normalized spacial score (nSPS) is 16.7. The molecule has 0 bridgehead atoms. The van der Waals surface area contributed by atoms with Gasteiger partial charge in [-0.3, -0.25) is 4.99 Å². The maximum absolute atomic E-state index is 4.50. The van der Waals surface area contributed by atoms with Gasteiger partial charge in [-0.15, -0.1) is 24.0 Å². The van der Waals surface area contributed by atoms with Gasteiger partial charge in [0, 0.05) is 56.1 Å². The molecule has 0 spiro atoms. The van der Waals surface area contributed by atoms with Crippen LogP contribution in [0.1, 0.15) is 30.8 Å². The fourth-order valence-corrected chi connectivity index (χ4v) is 4.43. The van der Waals surface area contributed by atoms with E-state index in [9.17, 15) is 0 Å². The molecule has 0 atom stereocenters. The van der Waals surface area contributed by atoms with Crippen molar-refractivity contribution in [1.29, 1.82) is 0 Å². The minimum atomic E-state index is 0. The molecule has 1 N–H and O–H groups in total. The molecule has 5 nitrogen and oxygen atoms in total. The Morgan fingerprint density at radius 1 is 1.33 bits per heavy atom. The average molecular weight is 499 g/mol. The van der Waals surface area contributed by atoms with Gasteiger partial charge in [0.1, 0.15) is 5.82 Å². The first kappa shape index (κ1) is 22.1. The molecule has 0 unspecified atom stereocenters. The summed E-state index contributed by atoms with van der Waals surface area (Å²) in [7, 11) is 1.87. The van der Waals surface area contributed by atoms with Crippen LogP contribution in [0.3, 0.4) is 0 Å². The number of aryl methyl sites for hydroxylation is 1. The highest BCUT2D eigenvalue weighted by molar-refractivity contribution is 14.0. The number of aliphatic imine (C=N–C) groups is 1. The molecule has 148 valence electrons. The number of thioether (sulfide) groups is 1. The summed E-state index contributed by atoms with van der Waals surface area (Å²) in [4.78, 5) is 11.2. The van der Waals surface area contributed by atoms with Crippen LogP contribution in [0.2, 0.25) is 0 Å². The van der Waals surface area contributed by atoms with Crippen LogP contribution in [-0.4, -0.2) is 51.0 Å². The Hall–Kier alpha value is -1.22. The van der Waals surface area contributed by atoms with Gasteiger partial charge in [-0.05, 0) is 31.9 Å². The van der Waals surface area contributed by atoms with Crippen molar-refractivity contribution in [3.63, 3.8) is 0 Å². The zero-order chi connectivity index (χ0) is 18.6. The van der Waals surface area contributed by atoms with Gasteiger partial charge in [0.05, 0.1) is 0 Å². The Morgan fingerprint density at radius 3 is 2.78 bits per heavy atom. The van der Waals surface area contributed by atoms with Crippen LogP contribution in [0.4, 0.5) is 0 Å². The number of halogens is 1. The zero-order valence-corrected chi connectivity index (χ0v) is 19.8. The lowest BCUT2D eigenvalue weighted by Gasteiger charge is -2.39. The lowest BCUT2D eigenvalue weighted by Crippen LogP contribution is -2.50. The molecule has 27 heavy (non-hydrogen) atoms. The van der Waals surface area contributed by atoms with Gasteiger partial charge in [0.2, 0.25) is 0 Å². The average Bonchev–Trinajstić information content (AvgIpc) is 3.00. The maximum Gasteiger partial charge on any atom is 0.193 e. The molecule has 1 aromatic carbocycles. The lowest BCUT2D eigenvalue weighted by molar-refractivity contribution is 0.375. The topological polar surface area (TPSA) is 45.5 Å². The van der Waals surface area contributed by atoms with Gasteiger partial charge in [-0.25, -0.2) is 4.98 Å². The summed E-state index contributed by atoms with van der Waals surface area (Å²) >= 11 is 2.04. The predicted octanol–water partition coefficient (Wildman–Crippen LogP) is 3.76. The number of aromatic nitrogens is 2. The maximum atomic E-state index is 4.50. The molecule has 1 aliphatic heterocycles. The van der Waals surface area contributed by atoms with Gasteiger partial charge in [0.25, 0.3) is 0 Å². The van der Waals surface area contributed by atoms with E-state index in [2.05, 4.69) is 62.9 Å². The Bertz CT molecular complexity index is 771. The molecule has 1 aliphatic rings. The van der Waals surface area contributed by atoms with Gasteiger partial charge >= 0.3 is 0 Å². The van der Waals surface area contributed by atoms with Crippen molar-refractivity contribution in [3.05, 3.63) is 53.6 Å². The largest absolute Gasteiger partial charge is 0.352 e. The lowest BCUT2D eigenvalue weighted by atomic mass is 10.1. The molecule has 0 radical (unpaired) electrons. The molecule has 1 aromatic heterocycles. The number of nitrogens with one attached hydrogen (secondary N) is 1. The van der Waals surface area contributed by atoms with Crippen LogP contribution in [0.25, 0.3) is 0 Å². The second-order valence-electron chi connectivity index (χ2n) is 7.35. The van der Waals surface area contributed by atoms with Crippen molar-refractivity contribution in [2.24, 2.45) is 4.99 Å². The molecule has 0 amide bonds. The van der Waals surface area contributed by atoms with Crippen molar-refractivity contribution in [2.45, 2.75) is 38.6 Å². The highest BCUT2D eigenvalue weighted by Gasteiger charge is 2.28. The number of nitrogens with zero attached hydrogens (tertiary/aromatic N) is 4. The first-order chi connectivity index (χ1) is 12.5. The fourth-order valence-electron chi connectivity index (χ4n) is 3.32. The van der Waals surface area contributed by atoms with Crippen molar-refractivity contribution >= 4 is 41.7 Å². The fraction of sp³-hybridized carbons (Fsp3) is 0.500. The van der Waals surface area contributed by atoms with Gasteiger partial charge in [0.15, 0.2) is 5.96 Å². The van der Waals surface area contributed by atoms with E-state index in [0.717, 1.165) is 43.7 Å². The smallest absolute Gasteiger partial charge is 0.193 e. The van der Waals surface area contributed by atoms with Crippen molar-refractivity contribution in [3.8, 4) is 0 Å². The monoisotopic (exact) mass is 499 g/mol. The predicted molar refractivity (Wildman–Crippen MR) is 126 cm³/mol. The molecule has 3 rings (SSSR count). The minimum absolute atomic E-state index is 0. The van der Waals surface area contributed by atoms with Crippen LogP contribution >= 0.6 is 35.7 Å². The van der Waals surface area contributed by atoms with Crippen molar-refractivity contribution < 1.29 is 0 Å². The second-order valence-corrected chi connectivity index (χ2v) is 9.15. The van der Waals surface area contributed by atoms with E-state index < -0.39 is 0 Å². The Labute approximate surface area is 184 Å². The summed E-state index contributed by atoms with van der Waals surface area (Å²) in [5.74, 6) is 3.18. The number of imidazole rings is 1. The third kappa shape index (κ3) is 6.14. The number of hydrogen-bond donors (Lipinski definition) is 1. The quantitative estimate of drug-likeness (QED) is 0.396. The summed E-state index contributed by atoms with van der Waals surface area (Å²) in [5.41, 5.74) is 2.56. The highest BCUT2D eigenvalue weighted by Crippen LogP contribution is 2.29. The SMILES string of the molecule is CN=C(NCc1cccc(Cn2ccnc2C)c1)N1CCSC(C)(C)C1.I. The van der Waals surface area contributed by atoms with E-state index in [1.807, 2.05) is 38.1 Å². The van der Waals surface area contributed by atoms with E-state index in [1.54, 1.807) is 0 Å². The summed E-state index contributed by atoms with van der Waals surface area (Å²) in [6, 6.07) is 8.72. The standard InChI is InChI=1S/C20H29N5S.HI/c1-16-22-8-9-24(16)14-18-7-5-6-17(12-18)13-23-19(21-4)25-10-11-26-20(2,3)15-25;/h5-9,12H,10-11,13-15H2,1-4H3,(H,21,23);1H. The molecule has 7 heteroatoms. The first-order valence-electron chi connectivity index (χ1n) is 9.12. The van der Waals surface area contributed by atoms with E-state index in [1.165, 1.54) is 11.1 Å². The van der Waals surface area contributed by atoms with Crippen LogP contribution in [0.5, 0.6) is 0 Å². The van der Waals surface area contributed by atoms with Gasteiger partial charge < -0.3 is 14.8 Å². The molecule has 1 fully saturated rings. The van der Waals surface area contributed by atoms with E-state index in [0.29, 0.717) is 0 Å². The van der Waals surface area contributed by atoms with E-state index in [-0.39, 0.29) is 28.7 Å².